The lowest BCUT2D eigenvalue weighted by molar-refractivity contribution is -0.128. The summed E-state index contributed by atoms with van der Waals surface area (Å²) in [6, 6.07) is -0.247. The number of Topliss-reactive ketones (excluding diaryl/α,β-unsaturated/α-hetero) is 1. The summed E-state index contributed by atoms with van der Waals surface area (Å²) in [5.41, 5.74) is -0.670. The van der Waals surface area contributed by atoms with Gasteiger partial charge in [0.2, 0.25) is 0 Å². The van der Waals surface area contributed by atoms with Gasteiger partial charge < -0.3 is 10.6 Å². The zero-order valence-electron chi connectivity index (χ0n) is 8.31. The van der Waals surface area contributed by atoms with Gasteiger partial charge in [-0.3, -0.25) is 4.79 Å². The molecule has 0 radical (unpaired) electrons. The van der Waals surface area contributed by atoms with Gasteiger partial charge in [-0.1, -0.05) is 13.8 Å². The molecular weight excluding hydrogens is 168 g/mol. The molecule has 1 atom stereocenters. The number of ketones is 1. The number of hydrogen-bond acceptors (Lipinski definition) is 2. The van der Waals surface area contributed by atoms with Crippen LogP contribution >= 0.6 is 0 Å². The van der Waals surface area contributed by atoms with Crippen LogP contribution in [-0.4, -0.2) is 23.9 Å². The minimum atomic E-state index is -0.670. The minimum absolute atomic E-state index is 0.0385. The number of hydrogen-bond donors (Lipinski definition) is 2. The number of amides is 2. The number of nitrogens with one attached hydrogen (secondary N) is 2. The SMILES string of the molecule is CC(C)C(=O)C1(C)CCNC(=O)N1. The first kappa shape index (κ1) is 10.0. The zero-order valence-corrected chi connectivity index (χ0v) is 8.31. The van der Waals surface area contributed by atoms with Crippen molar-refractivity contribution in [3.8, 4) is 0 Å². The van der Waals surface area contributed by atoms with Crippen molar-refractivity contribution in [3.05, 3.63) is 0 Å². The maximum atomic E-state index is 11.7. The second kappa shape index (κ2) is 3.36. The fourth-order valence-corrected chi connectivity index (χ4v) is 1.61. The molecule has 4 heteroatoms. The smallest absolute Gasteiger partial charge is 0.315 e. The van der Waals surface area contributed by atoms with E-state index in [-0.39, 0.29) is 17.7 Å². The summed E-state index contributed by atoms with van der Waals surface area (Å²) in [4.78, 5) is 22.8. The quantitative estimate of drug-likeness (QED) is 0.662. The van der Waals surface area contributed by atoms with E-state index in [1.165, 1.54) is 0 Å². The zero-order chi connectivity index (χ0) is 10.1. The Morgan fingerprint density at radius 2 is 2.15 bits per heavy atom. The molecule has 2 amide bonds. The average molecular weight is 184 g/mol. The van der Waals surface area contributed by atoms with Crippen LogP contribution in [0, 0.1) is 5.92 Å². The molecule has 13 heavy (non-hydrogen) atoms. The highest BCUT2D eigenvalue weighted by atomic mass is 16.2. The molecule has 4 nitrogen and oxygen atoms in total. The second-order valence-corrected chi connectivity index (χ2v) is 3.98. The van der Waals surface area contributed by atoms with Crippen molar-refractivity contribution in [2.24, 2.45) is 5.92 Å². The van der Waals surface area contributed by atoms with Crippen molar-refractivity contribution in [1.29, 1.82) is 0 Å². The van der Waals surface area contributed by atoms with Gasteiger partial charge in [-0.05, 0) is 13.3 Å². The van der Waals surface area contributed by atoms with Crippen LogP contribution < -0.4 is 10.6 Å². The number of carbonyl (C=O) groups excluding carboxylic acids is 2. The molecule has 1 unspecified atom stereocenters. The molecule has 74 valence electrons. The molecule has 0 aromatic heterocycles. The molecular formula is C9H16N2O2. The first-order valence-electron chi connectivity index (χ1n) is 4.56. The summed E-state index contributed by atoms with van der Waals surface area (Å²) in [7, 11) is 0. The summed E-state index contributed by atoms with van der Waals surface area (Å²) in [6.07, 6.45) is 0.662. The Kier molecular flexibility index (Phi) is 2.59. The molecule has 1 heterocycles. The van der Waals surface area contributed by atoms with Gasteiger partial charge in [0.15, 0.2) is 5.78 Å². The topological polar surface area (TPSA) is 58.2 Å². The highest BCUT2D eigenvalue weighted by Crippen LogP contribution is 2.17. The fourth-order valence-electron chi connectivity index (χ4n) is 1.61. The van der Waals surface area contributed by atoms with Crippen molar-refractivity contribution in [1.82, 2.24) is 10.6 Å². The highest BCUT2D eigenvalue weighted by Gasteiger charge is 2.38. The largest absolute Gasteiger partial charge is 0.338 e. The molecule has 2 N–H and O–H groups in total. The lowest BCUT2D eigenvalue weighted by Gasteiger charge is -2.34. The van der Waals surface area contributed by atoms with Gasteiger partial charge in [0.25, 0.3) is 0 Å². The number of rotatable bonds is 2. The maximum absolute atomic E-state index is 11.7. The van der Waals surface area contributed by atoms with Gasteiger partial charge in [0, 0.05) is 12.5 Å². The van der Waals surface area contributed by atoms with E-state index in [1.807, 2.05) is 13.8 Å². The Balaban J connectivity index is 2.74. The van der Waals surface area contributed by atoms with Crippen molar-refractivity contribution in [2.45, 2.75) is 32.7 Å². The molecule has 0 aromatic carbocycles. The van der Waals surface area contributed by atoms with Crippen LogP contribution in [0.15, 0.2) is 0 Å². The molecule has 1 fully saturated rings. The molecule has 1 saturated heterocycles. The van der Waals surface area contributed by atoms with Crippen LogP contribution in [-0.2, 0) is 4.79 Å². The van der Waals surface area contributed by atoms with Gasteiger partial charge in [-0.25, -0.2) is 4.79 Å². The minimum Gasteiger partial charge on any atom is -0.338 e. The van der Waals surface area contributed by atoms with Crippen LogP contribution in [0.2, 0.25) is 0 Å². The molecule has 0 spiro atoms. The van der Waals surface area contributed by atoms with E-state index in [1.54, 1.807) is 6.92 Å². The number of carbonyl (C=O) groups is 2. The Bertz CT molecular complexity index is 238. The van der Waals surface area contributed by atoms with E-state index < -0.39 is 5.54 Å². The average Bonchev–Trinajstić information content (AvgIpc) is 2.02. The third-order valence-corrected chi connectivity index (χ3v) is 2.37. The van der Waals surface area contributed by atoms with Gasteiger partial charge in [0.1, 0.15) is 0 Å². The summed E-state index contributed by atoms with van der Waals surface area (Å²) in [5.74, 6) is 0.0609. The van der Waals surface area contributed by atoms with Crippen molar-refractivity contribution in [2.75, 3.05) is 6.54 Å². The normalized spacial score (nSPS) is 28.2. The van der Waals surface area contributed by atoms with E-state index >= 15 is 0 Å². The lowest BCUT2D eigenvalue weighted by Crippen LogP contribution is -2.61. The van der Waals surface area contributed by atoms with Crippen LogP contribution in [0.4, 0.5) is 4.79 Å². The molecule has 0 aliphatic carbocycles. The van der Waals surface area contributed by atoms with Gasteiger partial charge >= 0.3 is 6.03 Å². The summed E-state index contributed by atoms with van der Waals surface area (Å²) >= 11 is 0. The molecule has 0 saturated carbocycles. The predicted molar refractivity (Wildman–Crippen MR) is 49.4 cm³/mol. The Hall–Kier alpha value is -1.06. The monoisotopic (exact) mass is 184 g/mol. The Labute approximate surface area is 78.1 Å². The van der Waals surface area contributed by atoms with E-state index in [2.05, 4.69) is 10.6 Å². The molecule has 0 aromatic rings. The lowest BCUT2D eigenvalue weighted by atomic mass is 9.85. The highest BCUT2D eigenvalue weighted by molar-refractivity contribution is 5.94. The molecule has 1 aliphatic heterocycles. The van der Waals surface area contributed by atoms with Gasteiger partial charge in [-0.2, -0.15) is 0 Å². The van der Waals surface area contributed by atoms with Crippen LogP contribution in [0.3, 0.4) is 0 Å². The molecule has 0 bridgehead atoms. The predicted octanol–water partition coefficient (Wildman–Crippen LogP) is 0.673. The van der Waals surface area contributed by atoms with E-state index in [0.717, 1.165) is 0 Å². The maximum Gasteiger partial charge on any atom is 0.315 e. The standard InChI is InChI=1S/C9H16N2O2/c1-6(2)7(12)9(3)4-5-10-8(13)11-9/h6H,4-5H2,1-3H3,(H2,10,11,13). The van der Waals surface area contributed by atoms with E-state index in [0.29, 0.717) is 13.0 Å². The van der Waals surface area contributed by atoms with Crippen molar-refractivity contribution < 1.29 is 9.59 Å². The van der Waals surface area contributed by atoms with Crippen molar-refractivity contribution in [3.63, 3.8) is 0 Å². The van der Waals surface area contributed by atoms with Crippen LogP contribution in [0.5, 0.6) is 0 Å². The van der Waals surface area contributed by atoms with Crippen molar-refractivity contribution >= 4 is 11.8 Å². The fraction of sp³-hybridized carbons (Fsp3) is 0.778. The van der Waals surface area contributed by atoms with Crippen LogP contribution in [0.25, 0.3) is 0 Å². The first-order valence-corrected chi connectivity index (χ1v) is 4.56. The van der Waals surface area contributed by atoms with Gasteiger partial charge in [-0.15, -0.1) is 0 Å². The third-order valence-electron chi connectivity index (χ3n) is 2.37. The summed E-state index contributed by atoms with van der Waals surface area (Å²) < 4.78 is 0. The first-order chi connectivity index (χ1) is 5.96. The molecule has 1 rings (SSSR count). The Morgan fingerprint density at radius 3 is 2.62 bits per heavy atom. The number of urea groups is 1. The second-order valence-electron chi connectivity index (χ2n) is 3.98. The summed E-state index contributed by atoms with van der Waals surface area (Å²) in [6.45, 7) is 6.05. The van der Waals surface area contributed by atoms with Crippen LogP contribution in [0.1, 0.15) is 27.2 Å². The third kappa shape index (κ3) is 1.99. The van der Waals surface area contributed by atoms with E-state index in [4.69, 9.17) is 0 Å². The van der Waals surface area contributed by atoms with E-state index in [9.17, 15) is 9.59 Å². The molecule has 1 aliphatic rings. The summed E-state index contributed by atoms with van der Waals surface area (Å²) in [5, 5.41) is 5.30. The Morgan fingerprint density at radius 1 is 1.54 bits per heavy atom. The van der Waals surface area contributed by atoms with Gasteiger partial charge in [0.05, 0.1) is 5.54 Å².